The smallest absolute Gasteiger partial charge is 0.122 e. The monoisotopic (exact) mass is 261 g/mol. The van der Waals surface area contributed by atoms with Crippen LogP contribution in [0.4, 0.5) is 0 Å². The first kappa shape index (κ1) is 14.4. The Morgan fingerprint density at radius 2 is 2.00 bits per heavy atom. The molecule has 1 aliphatic carbocycles. The second-order valence-corrected chi connectivity index (χ2v) is 5.85. The average Bonchev–Trinajstić information content (AvgIpc) is 2.46. The molecule has 0 aromatic heterocycles. The Bertz CT molecular complexity index is 396. The summed E-state index contributed by atoms with van der Waals surface area (Å²) in [5.74, 6) is 1.82. The third-order valence-electron chi connectivity index (χ3n) is 4.33. The van der Waals surface area contributed by atoms with Gasteiger partial charge in [0.15, 0.2) is 0 Å². The molecular weight excluding hydrogens is 234 g/mol. The molecule has 1 aromatic rings. The minimum Gasteiger partial charge on any atom is -0.493 e. The molecule has 0 spiro atoms. The van der Waals surface area contributed by atoms with Gasteiger partial charge in [0.2, 0.25) is 0 Å². The van der Waals surface area contributed by atoms with Gasteiger partial charge in [-0.05, 0) is 56.8 Å². The molecule has 19 heavy (non-hydrogen) atoms. The Morgan fingerprint density at radius 1 is 1.26 bits per heavy atom. The van der Waals surface area contributed by atoms with Crippen LogP contribution >= 0.6 is 0 Å². The second-order valence-electron chi connectivity index (χ2n) is 5.85. The summed E-state index contributed by atoms with van der Waals surface area (Å²) in [6, 6.07) is 6.93. The van der Waals surface area contributed by atoms with E-state index in [1.54, 1.807) is 0 Å². The SMILES string of the molecule is CNC(C)c1ccc(OCC2CCCCC2)c(C)c1. The van der Waals surface area contributed by atoms with E-state index in [1.807, 2.05) is 7.05 Å². The van der Waals surface area contributed by atoms with Crippen LogP contribution in [0.2, 0.25) is 0 Å². The molecule has 2 rings (SSSR count). The summed E-state index contributed by atoms with van der Waals surface area (Å²) in [6.45, 7) is 5.21. The molecule has 0 aliphatic heterocycles. The fourth-order valence-corrected chi connectivity index (χ4v) is 2.83. The molecule has 1 fully saturated rings. The van der Waals surface area contributed by atoms with E-state index < -0.39 is 0 Å². The molecule has 2 nitrogen and oxygen atoms in total. The Hall–Kier alpha value is -1.02. The van der Waals surface area contributed by atoms with Crippen molar-refractivity contribution in [2.45, 2.75) is 52.0 Å². The van der Waals surface area contributed by atoms with Gasteiger partial charge in [-0.1, -0.05) is 31.4 Å². The lowest BCUT2D eigenvalue weighted by Crippen LogP contribution is -2.16. The molecule has 106 valence electrons. The minimum atomic E-state index is 0.395. The fourth-order valence-electron chi connectivity index (χ4n) is 2.83. The van der Waals surface area contributed by atoms with Crippen molar-refractivity contribution < 1.29 is 4.74 Å². The quantitative estimate of drug-likeness (QED) is 0.856. The largest absolute Gasteiger partial charge is 0.493 e. The van der Waals surface area contributed by atoms with Crippen LogP contribution in [0.1, 0.15) is 56.2 Å². The zero-order valence-corrected chi connectivity index (χ0v) is 12.5. The Kier molecular flexibility index (Phi) is 5.26. The first-order valence-corrected chi connectivity index (χ1v) is 7.61. The molecular formula is C17H27NO. The summed E-state index contributed by atoms with van der Waals surface area (Å²) in [4.78, 5) is 0. The molecule has 0 bridgehead atoms. The van der Waals surface area contributed by atoms with Crippen LogP contribution in [-0.4, -0.2) is 13.7 Å². The molecule has 1 atom stereocenters. The summed E-state index contributed by atoms with van der Waals surface area (Å²) < 4.78 is 6.02. The zero-order valence-electron chi connectivity index (χ0n) is 12.5. The van der Waals surface area contributed by atoms with E-state index >= 15 is 0 Å². The van der Waals surface area contributed by atoms with Gasteiger partial charge in [0, 0.05) is 6.04 Å². The highest BCUT2D eigenvalue weighted by Gasteiger charge is 2.14. The Balaban J connectivity index is 1.93. The zero-order chi connectivity index (χ0) is 13.7. The standard InChI is InChI=1S/C17H27NO/c1-13-11-16(14(2)18-3)9-10-17(13)19-12-15-7-5-4-6-8-15/h9-11,14-15,18H,4-8,12H2,1-3H3. The van der Waals surface area contributed by atoms with Crippen molar-refractivity contribution >= 4 is 0 Å². The summed E-state index contributed by atoms with van der Waals surface area (Å²) in [5.41, 5.74) is 2.57. The van der Waals surface area contributed by atoms with E-state index in [4.69, 9.17) is 4.74 Å². The second kappa shape index (κ2) is 6.95. The van der Waals surface area contributed by atoms with Crippen LogP contribution in [0.3, 0.4) is 0 Å². The van der Waals surface area contributed by atoms with Gasteiger partial charge in [-0.15, -0.1) is 0 Å². The maximum Gasteiger partial charge on any atom is 0.122 e. The lowest BCUT2D eigenvalue weighted by Gasteiger charge is -2.22. The third kappa shape index (κ3) is 3.97. The molecule has 0 heterocycles. The van der Waals surface area contributed by atoms with Gasteiger partial charge in [-0.2, -0.15) is 0 Å². The molecule has 1 aromatic carbocycles. The van der Waals surface area contributed by atoms with Gasteiger partial charge >= 0.3 is 0 Å². The predicted molar refractivity (Wildman–Crippen MR) is 80.7 cm³/mol. The van der Waals surface area contributed by atoms with E-state index in [9.17, 15) is 0 Å². The maximum absolute atomic E-state index is 6.02. The van der Waals surface area contributed by atoms with Crippen molar-refractivity contribution in [1.82, 2.24) is 5.32 Å². The van der Waals surface area contributed by atoms with E-state index in [2.05, 4.69) is 37.4 Å². The van der Waals surface area contributed by atoms with Crippen LogP contribution in [0.15, 0.2) is 18.2 Å². The fraction of sp³-hybridized carbons (Fsp3) is 0.647. The molecule has 1 saturated carbocycles. The van der Waals surface area contributed by atoms with Crippen molar-refractivity contribution in [2.24, 2.45) is 5.92 Å². The van der Waals surface area contributed by atoms with Crippen molar-refractivity contribution in [3.8, 4) is 5.75 Å². The molecule has 1 N–H and O–H groups in total. The van der Waals surface area contributed by atoms with E-state index in [0.29, 0.717) is 6.04 Å². The topological polar surface area (TPSA) is 21.3 Å². The number of aryl methyl sites for hydroxylation is 1. The molecule has 1 unspecified atom stereocenters. The summed E-state index contributed by atoms with van der Waals surface area (Å²) in [7, 11) is 1.99. The molecule has 0 amide bonds. The number of ether oxygens (including phenoxy) is 1. The lowest BCUT2D eigenvalue weighted by atomic mass is 9.90. The van der Waals surface area contributed by atoms with Crippen LogP contribution < -0.4 is 10.1 Å². The van der Waals surface area contributed by atoms with Gasteiger partial charge in [-0.3, -0.25) is 0 Å². The lowest BCUT2D eigenvalue weighted by molar-refractivity contribution is 0.208. The van der Waals surface area contributed by atoms with Gasteiger partial charge in [-0.25, -0.2) is 0 Å². The van der Waals surface area contributed by atoms with Crippen molar-refractivity contribution in [3.05, 3.63) is 29.3 Å². The maximum atomic E-state index is 6.02. The number of rotatable bonds is 5. The highest BCUT2D eigenvalue weighted by Crippen LogP contribution is 2.27. The summed E-state index contributed by atoms with van der Waals surface area (Å²) in [5, 5.41) is 3.27. The van der Waals surface area contributed by atoms with Crippen LogP contribution in [0.25, 0.3) is 0 Å². The van der Waals surface area contributed by atoms with Gasteiger partial charge in [0.25, 0.3) is 0 Å². The van der Waals surface area contributed by atoms with E-state index in [0.717, 1.165) is 18.3 Å². The summed E-state index contributed by atoms with van der Waals surface area (Å²) >= 11 is 0. The number of hydrogen-bond acceptors (Lipinski definition) is 2. The highest BCUT2D eigenvalue weighted by molar-refractivity contribution is 5.37. The number of hydrogen-bond donors (Lipinski definition) is 1. The van der Waals surface area contributed by atoms with Gasteiger partial charge in [0.05, 0.1) is 6.61 Å². The average molecular weight is 261 g/mol. The van der Waals surface area contributed by atoms with Crippen LogP contribution in [-0.2, 0) is 0 Å². The number of nitrogens with one attached hydrogen (secondary N) is 1. The van der Waals surface area contributed by atoms with Crippen LogP contribution in [0.5, 0.6) is 5.75 Å². The molecule has 2 heteroatoms. The van der Waals surface area contributed by atoms with Crippen LogP contribution in [0, 0.1) is 12.8 Å². The highest BCUT2D eigenvalue weighted by atomic mass is 16.5. The minimum absolute atomic E-state index is 0.395. The Labute approximate surface area is 117 Å². The molecule has 0 saturated heterocycles. The van der Waals surface area contributed by atoms with Crippen molar-refractivity contribution in [2.75, 3.05) is 13.7 Å². The molecule has 0 radical (unpaired) electrons. The summed E-state index contributed by atoms with van der Waals surface area (Å²) in [6.07, 6.45) is 6.85. The number of benzene rings is 1. The van der Waals surface area contributed by atoms with Gasteiger partial charge in [0.1, 0.15) is 5.75 Å². The van der Waals surface area contributed by atoms with E-state index in [1.165, 1.54) is 43.2 Å². The van der Waals surface area contributed by atoms with Gasteiger partial charge < -0.3 is 10.1 Å². The third-order valence-corrected chi connectivity index (χ3v) is 4.33. The molecule has 1 aliphatic rings. The normalized spacial score (nSPS) is 18.3. The van der Waals surface area contributed by atoms with Crippen molar-refractivity contribution in [3.63, 3.8) is 0 Å². The van der Waals surface area contributed by atoms with E-state index in [-0.39, 0.29) is 0 Å². The first-order chi connectivity index (χ1) is 9.20. The predicted octanol–water partition coefficient (Wildman–Crippen LogP) is 4.23. The van der Waals surface area contributed by atoms with Crippen molar-refractivity contribution in [1.29, 1.82) is 0 Å². The first-order valence-electron chi connectivity index (χ1n) is 7.61. The Morgan fingerprint density at radius 3 is 2.63 bits per heavy atom.